The molecule has 2 aromatic carbocycles. The first-order valence-corrected chi connectivity index (χ1v) is 13.3. The maximum absolute atomic E-state index is 12.5. The van der Waals surface area contributed by atoms with Crippen LogP contribution < -0.4 is 15.4 Å². The fourth-order valence-electron chi connectivity index (χ4n) is 2.91. The summed E-state index contributed by atoms with van der Waals surface area (Å²) >= 11 is 21.0. The smallest absolute Gasteiger partial charge is 0.264 e. The fourth-order valence-corrected chi connectivity index (χ4v) is 4.96. The topological polar surface area (TPSA) is 114 Å². The lowest BCUT2D eigenvalue weighted by atomic mass is 10.2. The highest BCUT2D eigenvalue weighted by Gasteiger charge is 2.16. The molecule has 0 spiro atoms. The van der Waals surface area contributed by atoms with Gasteiger partial charge in [-0.1, -0.05) is 29.3 Å². The van der Waals surface area contributed by atoms with Crippen molar-refractivity contribution in [1.29, 1.82) is 0 Å². The molecular formula is C21H16BrCl2N7O2S2. The monoisotopic (exact) mass is 611 g/mol. The summed E-state index contributed by atoms with van der Waals surface area (Å²) < 4.78 is 29.7. The van der Waals surface area contributed by atoms with Gasteiger partial charge in [-0.2, -0.15) is 5.10 Å². The lowest BCUT2D eigenvalue weighted by Gasteiger charge is -2.10. The molecule has 2 aromatic heterocycles. The van der Waals surface area contributed by atoms with Gasteiger partial charge >= 0.3 is 0 Å². The van der Waals surface area contributed by atoms with Gasteiger partial charge in [0, 0.05) is 34.3 Å². The summed E-state index contributed by atoms with van der Waals surface area (Å²) in [6, 6.07) is 12.9. The molecule has 4 rings (SSSR count). The maximum Gasteiger partial charge on any atom is 0.264 e. The summed E-state index contributed by atoms with van der Waals surface area (Å²) in [5, 5.41) is 11.9. The maximum atomic E-state index is 12.5. The third-order valence-corrected chi connectivity index (χ3v) is 7.23. The molecule has 180 valence electrons. The second kappa shape index (κ2) is 10.9. The average Bonchev–Trinajstić information content (AvgIpc) is 3.15. The first-order chi connectivity index (χ1) is 16.7. The minimum Gasteiger partial charge on any atom is -0.332 e. The Hall–Kier alpha value is -2.77. The van der Waals surface area contributed by atoms with Gasteiger partial charge in [0.1, 0.15) is 0 Å². The molecule has 0 fully saturated rings. The number of benzene rings is 2. The van der Waals surface area contributed by atoms with E-state index in [4.69, 9.17) is 35.4 Å². The van der Waals surface area contributed by atoms with Crippen LogP contribution in [0.1, 0.15) is 5.56 Å². The van der Waals surface area contributed by atoms with Gasteiger partial charge in [-0.05, 0) is 76.2 Å². The van der Waals surface area contributed by atoms with Crippen molar-refractivity contribution in [3.8, 4) is 0 Å². The summed E-state index contributed by atoms with van der Waals surface area (Å²) in [4.78, 5) is 7.78. The van der Waals surface area contributed by atoms with E-state index in [1.165, 1.54) is 24.5 Å². The predicted molar refractivity (Wildman–Crippen MR) is 145 cm³/mol. The summed E-state index contributed by atoms with van der Waals surface area (Å²) in [5.74, 6) is 0.488. The lowest BCUT2D eigenvalue weighted by molar-refractivity contribution is 0.601. The lowest BCUT2D eigenvalue weighted by Crippen LogP contribution is -2.20. The van der Waals surface area contributed by atoms with E-state index >= 15 is 0 Å². The minimum absolute atomic E-state index is 0.0107. The summed E-state index contributed by atoms with van der Waals surface area (Å²) in [6.45, 7) is 0.439. The molecular weight excluding hydrogens is 597 g/mol. The Balaban J connectivity index is 1.38. The molecule has 9 nitrogen and oxygen atoms in total. The van der Waals surface area contributed by atoms with Crippen LogP contribution in [0, 0.1) is 0 Å². The number of nitrogens with one attached hydrogen (secondary N) is 3. The largest absolute Gasteiger partial charge is 0.332 e. The molecule has 0 unspecified atom stereocenters. The van der Waals surface area contributed by atoms with Crippen molar-refractivity contribution in [2.24, 2.45) is 0 Å². The van der Waals surface area contributed by atoms with Crippen molar-refractivity contribution >= 4 is 83.9 Å². The highest BCUT2D eigenvalue weighted by atomic mass is 79.9. The van der Waals surface area contributed by atoms with Crippen LogP contribution in [0.5, 0.6) is 0 Å². The normalized spacial score (nSPS) is 11.2. The molecule has 35 heavy (non-hydrogen) atoms. The van der Waals surface area contributed by atoms with Crippen molar-refractivity contribution < 1.29 is 8.42 Å². The predicted octanol–water partition coefficient (Wildman–Crippen LogP) is 5.40. The number of thiocarbonyl (C=S) groups is 1. The Morgan fingerprint density at radius 1 is 1.06 bits per heavy atom. The number of sulfonamides is 1. The standard InChI is InChI=1S/C21H16BrCl2N7O2S2/c22-17-12-31(11-13-2-3-14(23)10-18(13)24)29-19(17)28-21(34)27-15-4-6-16(7-5-15)35(32,33)30-20-25-8-1-9-26-20/h1-10,12H,11H2,(H,25,26,30)(H2,27,28,29,34). The summed E-state index contributed by atoms with van der Waals surface area (Å²) in [6.07, 6.45) is 4.68. The molecule has 0 amide bonds. The van der Waals surface area contributed by atoms with Crippen molar-refractivity contribution in [1.82, 2.24) is 19.7 Å². The third kappa shape index (κ3) is 6.67. The molecule has 3 N–H and O–H groups in total. The number of aromatic nitrogens is 4. The van der Waals surface area contributed by atoms with E-state index in [9.17, 15) is 8.42 Å². The first kappa shape index (κ1) is 25.3. The SMILES string of the molecule is O=S(=O)(Nc1ncccn1)c1ccc(NC(=S)Nc2nn(Cc3ccc(Cl)cc3Cl)cc2Br)cc1. The summed E-state index contributed by atoms with van der Waals surface area (Å²) in [7, 11) is -3.83. The Kier molecular flexibility index (Phi) is 7.87. The zero-order valence-electron chi connectivity index (χ0n) is 17.6. The van der Waals surface area contributed by atoms with Gasteiger partial charge in [0.2, 0.25) is 5.95 Å². The van der Waals surface area contributed by atoms with Gasteiger partial charge in [-0.15, -0.1) is 0 Å². The van der Waals surface area contributed by atoms with Crippen molar-refractivity contribution in [3.63, 3.8) is 0 Å². The van der Waals surface area contributed by atoms with E-state index in [1.54, 1.807) is 41.2 Å². The van der Waals surface area contributed by atoms with E-state index in [-0.39, 0.29) is 16.0 Å². The van der Waals surface area contributed by atoms with Gasteiger partial charge in [0.05, 0.1) is 15.9 Å². The molecule has 0 bridgehead atoms. The van der Waals surface area contributed by atoms with Gasteiger partial charge in [0.25, 0.3) is 10.0 Å². The zero-order chi connectivity index (χ0) is 25.0. The first-order valence-electron chi connectivity index (χ1n) is 9.84. The minimum atomic E-state index is -3.83. The van der Waals surface area contributed by atoms with Gasteiger partial charge < -0.3 is 10.6 Å². The Morgan fingerprint density at radius 2 is 1.77 bits per heavy atom. The van der Waals surface area contributed by atoms with Crippen LogP contribution in [0.2, 0.25) is 10.0 Å². The Morgan fingerprint density at radius 3 is 2.46 bits per heavy atom. The van der Waals surface area contributed by atoms with Gasteiger partial charge in [-0.25, -0.2) is 23.1 Å². The molecule has 0 radical (unpaired) electrons. The Bertz CT molecular complexity index is 1470. The highest BCUT2D eigenvalue weighted by Crippen LogP contribution is 2.25. The van der Waals surface area contributed by atoms with E-state index in [0.717, 1.165) is 5.56 Å². The van der Waals surface area contributed by atoms with Gasteiger partial charge in [0.15, 0.2) is 10.9 Å². The number of halogens is 3. The average molecular weight is 613 g/mol. The van der Waals surface area contributed by atoms with Crippen molar-refractivity contribution in [2.45, 2.75) is 11.4 Å². The number of nitrogens with zero attached hydrogens (tertiary/aromatic N) is 4. The Labute approximate surface area is 225 Å². The fraction of sp³-hybridized carbons (Fsp3) is 0.0476. The molecule has 0 atom stereocenters. The van der Waals surface area contributed by atoms with Crippen LogP contribution >= 0.6 is 51.3 Å². The van der Waals surface area contributed by atoms with Crippen LogP contribution in [0.4, 0.5) is 17.5 Å². The summed E-state index contributed by atoms with van der Waals surface area (Å²) in [5.41, 5.74) is 1.45. The number of hydrogen-bond donors (Lipinski definition) is 3. The molecule has 0 aliphatic carbocycles. The molecule has 14 heteroatoms. The van der Waals surface area contributed by atoms with Crippen LogP contribution in [0.3, 0.4) is 0 Å². The molecule has 0 aliphatic heterocycles. The van der Waals surface area contributed by atoms with Gasteiger partial charge in [-0.3, -0.25) is 4.68 Å². The number of anilines is 3. The second-order valence-electron chi connectivity index (χ2n) is 7.04. The van der Waals surface area contributed by atoms with Crippen molar-refractivity contribution in [3.05, 3.63) is 87.2 Å². The molecule has 2 heterocycles. The number of hydrogen-bond acceptors (Lipinski definition) is 6. The highest BCUT2D eigenvalue weighted by molar-refractivity contribution is 9.10. The van der Waals surface area contributed by atoms with E-state index in [1.807, 2.05) is 6.07 Å². The number of rotatable bonds is 7. The van der Waals surface area contributed by atoms with E-state index in [2.05, 4.69) is 46.4 Å². The third-order valence-electron chi connectivity index (χ3n) is 4.51. The molecule has 0 saturated carbocycles. The van der Waals surface area contributed by atoms with Crippen LogP contribution in [-0.4, -0.2) is 33.3 Å². The second-order valence-corrected chi connectivity index (χ2v) is 10.8. The molecule has 0 aliphatic rings. The van der Waals surface area contributed by atoms with E-state index < -0.39 is 10.0 Å². The van der Waals surface area contributed by atoms with Crippen molar-refractivity contribution in [2.75, 3.05) is 15.4 Å². The molecule has 4 aromatic rings. The van der Waals surface area contributed by atoms with Crippen LogP contribution in [0.15, 0.2) is 76.5 Å². The molecule has 0 saturated heterocycles. The van der Waals surface area contributed by atoms with Crippen LogP contribution in [0.25, 0.3) is 0 Å². The zero-order valence-corrected chi connectivity index (χ0v) is 22.3. The quantitative estimate of drug-likeness (QED) is 0.238. The van der Waals surface area contributed by atoms with E-state index in [0.29, 0.717) is 32.6 Å². The van der Waals surface area contributed by atoms with Crippen LogP contribution in [-0.2, 0) is 16.6 Å².